The summed E-state index contributed by atoms with van der Waals surface area (Å²) in [4.78, 5) is 12.5. The first-order valence-electron chi connectivity index (χ1n) is 7.93. The van der Waals surface area contributed by atoms with Crippen molar-refractivity contribution < 1.29 is 9.18 Å². The second-order valence-electron chi connectivity index (χ2n) is 5.75. The van der Waals surface area contributed by atoms with Crippen LogP contribution in [0.1, 0.15) is 28.7 Å². The summed E-state index contributed by atoms with van der Waals surface area (Å²) in [6.45, 7) is 1.82. The van der Waals surface area contributed by atoms with E-state index in [1.165, 1.54) is 36.0 Å². The van der Waals surface area contributed by atoms with Crippen molar-refractivity contribution in [1.82, 2.24) is 14.8 Å². The third kappa shape index (κ3) is 4.14. The molecular weight excluding hydrogens is 337 g/mol. The monoisotopic (exact) mass is 355 g/mol. The Hall–Kier alpha value is -2.47. The number of rotatable bonds is 6. The third-order valence-electron chi connectivity index (χ3n) is 3.91. The van der Waals surface area contributed by atoms with Crippen molar-refractivity contribution in [1.29, 1.82) is 0 Å². The Kier molecular flexibility index (Phi) is 5.28. The lowest BCUT2D eigenvalue weighted by Crippen LogP contribution is -2.14. The van der Waals surface area contributed by atoms with Crippen LogP contribution in [0.2, 0.25) is 0 Å². The molecule has 0 N–H and O–H groups in total. The fourth-order valence-electron chi connectivity index (χ4n) is 2.44. The molecule has 6 heteroatoms. The fraction of sp³-hybridized carbons (Fsp3) is 0.211. The summed E-state index contributed by atoms with van der Waals surface area (Å²) in [5, 5.41) is 8.80. The van der Waals surface area contributed by atoms with E-state index in [1.54, 1.807) is 0 Å². The predicted octanol–water partition coefficient (Wildman–Crippen LogP) is 3.91. The lowest BCUT2D eigenvalue weighted by molar-refractivity contribution is 0.0994. The Labute approximate surface area is 150 Å². The summed E-state index contributed by atoms with van der Waals surface area (Å²) in [7, 11) is 1.90. The Bertz CT molecular complexity index is 862. The maximum absolute atomic E-state index is 13.0. The number of ketones is 1. The summed E-state index contributed by atoms with van der Waals surface area (Å²) in [5.41, 5.74) is 1.65. The molecule has 0 fully saturated rings. The first kappa shape index (κ1) is 17.4. The molecule has 0 radical (unpaired) electrons. The van der Waals surface area contributed by atoms with E-state index in [-0.39, 0.29) is 16.9 Å². The molecule has 0 aliphatic heterocycles. The van der Waals surface area contributed by atoms with Gasteiger partial charge in [-0.3, -0.25) is 4.79 Å². The average molecular weight is 355 g/mol. The van der Waals surface area contributed by atoms with Crippen LogP contribution in [0, 0.1) is 5.82 Å². The maximum Gasteiger partial charge on any atom is 0.191 e. The second kappa shape index (κ2) is 7.61. The van der Waals surface area contributed by atoms with Crippen LogP contribution in [0.4, 0.5) is 4.39 Å². The number of aromatic nitrogens is 3. The lowest BCUT2D eigenvalue weighted by atomic mass is 10.1. The van der Waals surface area contributed by atoms with E-state index in [0.29, 0.717) is 17.1 Å². The van der Waals surface area contributed by atoms with Crippen LogP contribution >= 0.6 is 11.8 Å². The quantitative estimate of drug-likeness (QED) is 0.497. The first-order valence-corrected chi connectivity index (χ1v) is 8.81. The van der Waals surface area contributed by atoms with Gasteiger partial charge in [0.15, 0.2) is 10.9 Å². The molecule has 0 spiro atoms. The zero-order chi connectivity index (χ0) is 17.8. The minimum Gasteiger partial charge on any atom is -0.309 e. The van der Waals surface area contributed by atoms with Crippen LogP contribution in [0.5, 0.6) is 0 Å². The summed E-state index contributed by atoms with van der Waals surface area (Å²) in [5.74, 6) is 0.434. The van der Waals surface area contributed by atoms with E-state index < -0.39 is 0 Å². The van der Waals surface area contributed by atoms with Gasteiger partial charge in [-0.25, -0.2) is 4.39 Å². The molecule has 0 saturated heterocycles. The van der Waals surface area contributed by atoms with Crippen LogP contribution in [-0.4, -0.2) is 25.8 Å². The Balaban J connectivity index is 1.70. The van der Waals surface area contributed by atoms with Crippen molar-refractivity contribution in [3.05, 3.63) is 77.4 Å². The number of benzene rings is 2. The van der Waals surface area contributed by atoms with Gasteiger partial charge in [0.25, 0.3) is 0 Å². The van der Waals surface area contributed by atoms with E-state index in [9.17, 15) is 9.18 Å². The fourth-order valence-corrected chi connectivity index (χ4v) is 3.35. The molecule has 4 nitrogen and oxygen atoms in total. The molecule has 25 heavy (non-hydrogen) atoms. The molecule has 1 atom stereocenters. The van der Waals surface area contributed by atoms with E-state index in [0.717, 1.165) is 11.4 Å². The van der Waals surface area contributed by atoms with Gasteiger partial charge >= 0.3 is 0 Å². The number of carbonyl (C=O) groups excluding carboxylic acids is 1. The molecule has 3 aromatic rings. The van der Waals surface area contributed by atoms with Crippen LogP contribution in [-0.2, 0) is 13.5 Å². The molecule has 0 aliphatic rings. The normalized spacial score (nSPS) is 12.1. The summed E-state index contributed by atoms with van der Waals surface area (Å²) < 4.78 is 14.9. The summed E-state index contributed by atoms with van der Waals surface area (Å²) in [6, 6.07) is 15.7. The minimum absolute atomic E-state index is 0.0578. The van der Waals surface area contributed by atoms with E-state index in [1.807, 2.05) is 48.9 Å². The molecule has 0 saturated carbocycles. The highest BCUT2D eigenvalue weighted by Crippen LogP contribution is 2.25. The summed E-state index contributed by atoms with van der Waals surface area (Å²) >= 11 is 1.35. The van der Waals surface area contributed by atoms with E-state index in [2.05, 4.69) is 10.2 Å². The minimum atomic E-state index is -0.351. The van der Waals surface area contributed by atoms with Crippen molar-refractivity contribution in [3.63, 3.8) is 0 Å². The average Bonchev–Trinajstić information content (AvgIpc) is 2.96. The molecular formula is C19H18FN3OS. The standard InChI is InChI=1S/C19H18FN3OS/c1-13(18(24)15-8-10-16(20)11-9-15)25-19-22-21-17(23(19)2)12-14-6-4-3-5-7-14/h3-11,13H,12H2,1-2H3. The third-order valence-corrected chi connectivity index (χ3v) is 5.04. The highest BCUT2D eigenvalue weighted by atomic mass is 32.2. The topological polar surface area (TPSA) is 47.8 Å². The number of hydrogen-bond donors (Lipinski definition) is 0. The van der Waals surface area contributed by atoms with Crippen LogP contribution < -0.4 is 0 Å². The number of nitrogens with zero attached hydrogens (tertiary/aromatic N) is 3. The Morgan fingerprint density at radius 3 is 2.48 bits per heavy atom. The first-order chi connectivity index (χ1) is 12.0. The molecule has 1 aromatic heterocycles. The van der Waals surface area contributed by atoms with Gasteiger partial charge in [-0.15, -0.1) is 10.2 Å². The molecule has 0 aliphatic carbocycles. The zero-order valence-electron chi connectivity index (χ0n) is 14.0. The highest BCUT2D eigenvalue weighted by Gasteiger charge is 2.20. The van der Waals surface area contributed by atoms with Crippen LogP contribution in [0.3, 0.4) is 0 Å². The molecule has 3 rings (SSSR count). The zero-order valence-corrected chi connectivity index (χ0v) is 14.8. The van der Waals surface area contributed by atoms with Gasteiger partial charge in [0.2, 0.25) is 0 Å². The van der Waals surface area contributed by atoms with Gasteiger partial charge in [-0.1, -0.05) is 42.1 Å². The number of thioether (sulfide) groups is 1. The van der Waals surface area contributed by atoms with Gasteiger partial charge in [-0.2, -0.15) is 0 Å². The lowest BCUT2D eigenvalue weighted by Gasteiger charge is -2.10. The maximum atomic E-state index is 13.0. The van der Waals surface area contributed by atoms with Gasteiger partial charge in [0, 0.05) is 19.0 Å². The van der Waals surface area contributed by atoms with E-state index in [4.69, 9.17) is 0 Å². The van der Waals surface area contributed by atoms with Crippen molar-refractivity contribution >= 4 is 17.5 Å². The van der Waals surface area contributed by atoms with E-state index >= 15 is 0 Å². The van der Waals surface area contributed by atoms with Crippen molar-refractivity contribution in [3.8, 4) is 0 Å². The van der Waals surface area contributed by atoms with Gasteiger partial charge in [0.1, 0.15) is 11.6 Å². The Morgan fingerprint density at radius 2 is 1.80 bits per heavy atom. The number of carbonyl (C=O) groups is 1. The van der Waals surface area contributed by atoms with Crippen molar-refractivity contribution in [2.24, 2.45) is 7.05 Å². The Morgan fingerprint density at radius 1 is 1.12 bits per heavy atom. The number of halogens is 1. The van der Waals surface area contributed by atoms with Gasteiger partial charge < -0.3 is 4.57 Å². The smallest absolute Gasteiger partial charge is 0.191 e. The molecule has 1 unspecified atom stereocenters. The van der Waals surface area contributed by atoms with Crippen LogP contribution in [0.15, 0.2) is 59.8 Å². The summed E-state index contributed by atoms with van der Waals surface area (Å²) in [6.07, 6.45) is 0.686. The molecule has 2 aromatic carbocycles. The molecule has 1 heterocycles. The predicted molar refractivity (Wildman–Crippen MR) is 96.3 cm³/mol. The molecule has 0 amide bonds. The van der Waals surface area contributed by atoms with Crippen LogP contribution in [0.25, 0.3) is 0 Å². The molecule has 128 valence electrons. The number of hydrogen-bond acceptors (Lipinski definition) is 4. The second-order valence-corrected chi connectivity index (χ2v) is 7.06. The highest BCUT2D eigenvalue weighted by molar-refractivity contribution is 8.00. The van der Waals surface area contributed by atoms with Crippen molar-refractivity contribution in [2.45, 2.75) is 23.8 Å². The SMILES string of the molecule is CC(Sc1nnc(Cc2ccccc2)n1C)C(=O)c1ccc(F)cc1. The van der Waals surface area contributed by atoms with Gasteiger partial charge in [-0.05, 0) is 36.8 Å². The molecule has 0 bridgehead atoms. The van der Waals surface area contributed by atoms with Gasteiger partial charge in [0.05, 0.1) is 5.25 Å². The largest absolute Gasteiger partial charge is 0.309 e. The number of Topliss-reactive ketones (excluding diaryl/α,β-unsaturated/α-hetero) is 1. The van der Waals surface area contributed by atoms with Crippen molar-refractivity contribution in [2.75, 3.05) is 0 Å².